The van der Waals surface area contributed by atoms with Crippen LogP contribution in [-0.2, 0) is 16.2 Å². The van der Waals surface area contributed by atoms with Gasteiger partial charge in [0.05, 0.1) is 11.8 Å². The molecule has 106 valence electrons. The van der Waals surface area contributed by atoms with Crippen LogP contribution < -0.4 is 0 Å². The van der Waals surface area contributed by atoms with Crippen LogP contribution in [0.5, 0.6) is 0 Å². The third-order valence-corrected chi connectivity index (χ3v) is 4.59. The first-order valence-corrected chi connectivity index (χ1v) is 10.5. The van der Waals surface area contributed by atoms with Crippen LogP contribution in [0, 0.1) is 0 Å². The molecule has 1 heterocycles. The maximum atomic E-state index is 11.7. The average molecular weight is 282 g/mol. The number of rotatable bonds is 7. The van der Waals surface area contributed by atoms with Gasteiger partial charge in [-0.1, -0.05) is 19.6 Å². The van der Waals surface area contributed by atoms with E-state index in [2.05, 4.69) is 24.7 Å². The van der Waals surface area contributed by atoms with Crippen LogP contribution in [0.15, 0.2) is 12.4 Å². The highest BCUT2D eigenvalue weighted by Gasteiger charge is 2.27. The monoisotopic (exact) mass is 282 g/mol. The molecule has 1 saturated carbocycles. The molecule has 5 nitrogen and oxygen atoms in total. The van der Waals surface area contributed by atoms with Gasteiger partial charge in [0.15, 0.2) is 0 Å². The number of ether oxygens (including phenoxy) is 2. The van der Waals surface area contributed by atoms with Crippen molar-refractivity contribution in [2.24, 2.45) is 0 Å². The lowest BCUT2D eigenvalue weighted by molar-refractivity contribution is 0.0471. The molecular formula is C13H22N2O3Si. The van der Waals surface area contributed by atoms with Crippen molar-refractivity contribution in [2.45, 2.75) is 51.4 Å². The smallest absolute Gasteiger partial charge is 0.341 e. The van der Waals surface area contributed by atoms with Gasteiger partial charge in [-0.05, 0) is 18.9 Å². The molecule has 0 amide bonds. The SMILES string of the molecule is C[Si](C)(C)CCOCn1cc(C(=O)OC2CC2)cn1. The lowest BCUT2D eigenvalue weighted by Crippen LogP contribution is -2.22. The lowest BCUT2D eigenvalue weighted by atomic mass is 10.4. The third kappa shape index (κ3) is 5.16. The van der Waals surface area contributed by atoms with E-state index in [-0.39, 0.29) is 12.1 Å². The van der Waals surface area contributed by atoms with E-state index in [9.17, 15) is 4.79 Å². The van der Waals surface area contributed by atoms with Crippen LogP contribution in [0.1, 0.15) is 23.2 Å². The van der Waals surface area contributed by atoms with Gasteiger partial charge in [0, 0.05) is 20.9 Å². The number of carbonyl (C=O) groups is 1. The van der Waals surface area contributed by atoms with Gasteiger partial charge in [0.2, 0.25) is 0 Å². The highest BCUT2D eigenvalue weighted by atomic mass is 28.3. The molecule has 0 radical (unpaired) electrons. The summed E-state index contributed by atoms with van der Waals surface area (Å²) in [6.07, 6.45) is 5.31. The molecule has 0 bridgehead atoms. The Balaban J connectivity index is 1.72. The highest BCUT2D eigenvalue weighted by molar-refractivity contribution is 6.76. The second-order valence-corrected chi connectivity index (χ2v) is 11.8. The number of esters is 1. The first-order chi connectivity index (χ1) is 8.94. The molecule has 1 aromatic heterocycles. The maximum Gasteiger partial charge on any atom is 0.341 e. The fourth-order valence-corrected chi connectivity index (χ4v) is 2.24. The van der Waals surface area contributed by atoms with Crippen molar-refractivity contribution < 1.29 is 14.3 Å². The fraction of sp³-hybridized carbons (Fsp3) is 0.692. The predicted octanol–water partition coefficient (Wildman–Crippen LogP) is 2.51. The predicted molar refractivity (Wildman–Crippen MR) is 74.8 cm³/mol. The minimum absolute atomic E-state index is 0.129. The maximum absolute atomic E-state index is 11.7. The molecule has 0 spiro atoms. The largest absolute Gasteiger partial charge is 0.459 e. The van der Waals surface area contributed by atoms with Gasteiger partial charge in [-0.25, -0.2) is 9.48 Å². The second-order valence-electron chi connectivity index (χ2n) is 6.22. The molecule has 1 aliphatic rings. The van der Waals surface area contributed by atoms with Crippen molar-refractivity contribution in [2.75, 3.05) is 6.61 Å². The van der Waals surface area contributed by atoms with Crippen molar-refractivity contribution in [3.8, 4) is 0 Å². The first kappa shape index (κ1) is 14.3. The molecule has 0 N–H and O–H groups in total. The van der Waals surface area contributed by atoms with Gasteiger partial charge in [-0.2, -0.15) is 5.10 Å². The van der Waals surface area contributed by atoms with Crippen molar-refractivity contribution >= 4 is 14.0 Å². The lowest BCUT2D eigenvalue weighted by Gasteiger charge is -2.15. The molecule has 0 atom stereocenters. The molecule has 0 saturated heterocycles. The van der Waals surface area contributed by atoms with Crippen LogP contribution >= 0.6 is 0 Å². The van der Waals surface area contributed by atoms with Crippen molar-refractivity contribution in [3.05, 3.63) is 18.0 Å². The number of hydrogen-bond donors (Lipinski definition) is 0. The summed E-state index contributed by atoms with van der Waals surface area (Å²) in [7, 11) is -1.05. The molecule has 1 aliphatic carbocycles. The van der Waals surface area contributed by atoms with Gasteiger partial charge in [-0.15, -0.1) is 0 Å². The molecule has 1 aromatic rings. The zero-order chi connectivity index (χ0) is 13.9. The molecular weight excluding hydrogens is 260 g/mol. The van der Waals surface area contributed by atoms with Gasteiger partial charge < -0.3 is 9.47 Å². The number of nitrogens with zero attached hydrogens (tertiary/aromatic N) is 2. The number of aromatic nitrogens is 2. The minimum atomic E-state index is -1.05. The normalized spacial score (nSPS) is 15.5. The average Bonchev–Trinajstić information content (AvgIpc) is 2.99. The topological polar surface area (TPSA) is 53.4 Å². The standard InChI is InChI=1S/C13H22N2O3Si/c1-19(2,3)7-6-17-10-15-9-11(8-14-15)13(16)18-12-4-5-12/h8-9,12H,4-7,10H2,1-3H3. The van der Waals surface area contributed by atoms with Crippen molar-refractivity contribution in [1.29, 1.82) is 0 Å². The summed E-state index contributed by atoms with van der Waals surface area (Å²) in [5, 5.41) is 4.10. The number of carbonyl (C=O) groups excluding carboxylic acids is 1. The summed E-state index contributed by atoms with van der Waals surface area (Å²) in [6.45, 7) is 8.08. The Bertz CT molecular complexity index is 435. The van der Waals surface area contributed by atoms with Crippen LogP contribution in [0.4, 0.5) is 0 Å². The minimum Gasteiger partial charge on any atom is -0.459 e. The van der Waals surface area contributed by atoms with E-state index in [4.69, 9.17) is 9.47 Å². The van der Waals surface area contributed by atoms with Gasteiger partial charge in [0.25, 0.3) is 0 Å². The quantitative estimate of drug-likeness (QED) is 0.438. The van der Waals surface area contributed by atoms with Crippen LogP contribution in [0.2, 0.25) is 25.7 Å². The summed E-state index contributed by atoms with van der Waals surface area (Å²) >= 11 is 0. The molecule has 0 aliphatic heterocycles. The van der Waals surface area contributed by atoms with E-state index >= 15 is 0 Å². The Morgan fingerprint density at radius 1 is 1.47 bits per heavy atom. The van der Waals surface area contributed by atoms with Gasteiger partial charge >= 0.3 is 5.97 Å². The molecule has 0 unspecified atom stereocenters. The summed E-state index contributed by atoms with van der Waals surface area (Å²) in [6, 6.07) is 1.13. The van der Waals surface area contributed by atoms with Crippen molar-refractivity contribution in [1.82, 2.24) is 9.78 Å². The van der Waals surface area contributed by atoms with E-state index in [1.165, 1.54) is 6.20 Å². The molecule has 6 heteroatoms. The number of hydrogen-bond acceptors (Lipinski definition) is 4. The van der Waals surface area contributed by atoms with Gasteiger partial charge in [0.1, 0.15) is 12.8 Å². The van der Waals surface area contributed by atoms with Crippen LogP contribution in [-0.4, -0.2) is 36.5 Å². The van der Waals surface area contributed by atoms with Crippen LogP contribution in [0.25, 0.3) is 0 Å². The Labute approximate surface area is 114 Å². The van der Waals surface area contributed by atoms with Crippen molar-refractivity contribution in [3.63, 3.8) is 0 Å². The van der Waals surface area contributed by atoms with Gasteiger partial charge in [-0.3, -0.25) is 0 Å². The fourth-order valence-electron chi connectivity index (χ4n) is 1.48. The zero-order valence-corrected chi connectivity index (χ0v) is 12.9. The van der Waals surface area contributed by atoms with E-state index in [0.717, 1.165) is 25.5 Å². The molecule has 2 rings (SSSR count). The Morgan fingerprint density at radius 3 is 2.84 bits per heavy atom. The summed E-state index contributed by atoms with van der Waals surface area (Å²) in [4.78, 5) is 11.7. The Hall–Kier alpha value is -1.14. The third-order valence-electron chi connectivity index (χ3n) is 2.89. The summed E-state index contributed by atoms with van der Waals surface area (Å²) in [5.74, 6) is -0.282. The second kappa shape index (κ2) is 5.88. The van der Waals surface area contributed by atoms with E-state index in [1.54, 1.807) is 10.9 Å². The highest BCUT2D eigenvalue weighted by Crippen LogP contribution is 2.24. The van der Waals surface area contributed by atoms with E-state index in [1.807, 2.05) is 0 Å². The zero-order valence-electron chi connectivity index (χ0n) is 11.9. The van der Waals surface area contributed by atoms with E-state index in [0.29, 0.717) is 12.3 Å². The van der Waals surface area contributed by atoms with Crippen LogP contribution in [0.3, 0.4) is 0 Å². The summed E-state index contributed by atoms with van der Waals surface area (Å²) < 4.78 is 12.4. The summed E-state index contributed by atoms with van der Waals surface area (Å²) in [5.41, 5.74) is 0.501. The molecule has 19 heavy (non-hydrogen) atoms. The Kier molecular flexibility index (Phi) is 4.41. The molecule has 0 aromatic carbocycles. The molecule has 1 fully saturated rings. The first-order valence-electron chi connectivity index (χ1n) is 6.75. The van der Waals surface area contributed by atoms with E-state index < -0.39 is 8.07 Å². The Morgan fingerprint density at radius 2 is 2.21 bits per heavy atom.